The van der Waals surface area contributed by atoms with Crippen LogP contribution < -0.4 is 26.2 Å². The van der Waals surface area contributed by atoms with Crippen LogP contribution in [0.1, 0.15) is 107 Å². The van der Waals surface area contributed by atoms with Crippen LogP contribution in [-0.2, 0) is 68.9 Å². The van der Waals surface area contributed by atoms with E-state index in [0.29, 0.717) is 28.6 Å². The average molecular weight is 1060 g/mol. The van der Waals surface area contributed by atoms with Crippen molar-refractivity contribution in [1.82, 2.24) is 25.5 Å². The molecule has 77 heavy (non-hydrogen) atoms. The van der Waals surface area contributed by atoms with E-state index in [0.717, 1.165) is 22.3 Å². The number of ether oxygens (including phenoxy) is 4. The number of nitrogens with zero attached hydrogens (tertiary/aromatic N) is 2. The number of alkyl carbamates (subject to hydrolysis) is 1. The number of carbonyl (C=O) groups is 6. The highest BCUT2D eigenvalue weighted by Crippen LogP contribution is 2.44. The van der Waals surface area contributed by atoms with Gasteiger partial charge in [0.2, 0.25) is 17.4 Å². The summed E-state index contributed by atoms with van der Waals surface area (Å²) in [6.45, 7) is 10.9. The molecule has 0 saturated carbocycles. The fourth-order valence-corrected chi connectivity index (χ4v) is 9.84. The number of hydrogen-bond donors (Lipinski definition) is 3. The molecule has 3 amide bonds. The molecule has 2 atom stereocenters. The van der Waals surface area contributed by atoms with Gasteiger partial charge in [-0.05, 0) is 100 Å². The molecule has 4 aromatic carbocycles. The van der Waals surface area contributed by atoms with Crippen LogP contribution in [0.4, 0.5) is 18.0 Å². The van der Waals surface area contributed by atoms with Gasteiger partial charge < -0.3 is 39.5 Å². The second-order valence-electron chi connectivity index (χ2n) is 20.5. The van der Waals surface area contributed by atoms with Gasteiger partial charge in [0.1, 0.15) is 29.5 Å². The number of esters is 3. The lowest BCUT2D eigenvalue weighted by atomic mass is 9.77. The minimum absolute atomic E-state index is 0.00966. The Kier molecular flexibility index (Phi) is 15.2. The van der Waals surface area contributed by atoms with Gasteiger partial charge in [-0.15, -0.1) is 0 Å². The number of aryl methyl sites for hydroxylation is 1. The van der Waals surface area contributed by atoms with Crippen molar-refractivity contribution in [2.45, 2.75) is 116 Å². The Morgan fingerprint density at radius 1 is 0.792 bits per heavy atom. The van der Waals surface area contributed by atoms with Crippen LogP contribution in [0, 0.1) is 5.41 Å². The largest absolute Gasteiger partial charge is 0.490 e. The lowest BCUT2D eigenvalue weighted by Crippen LogP contribution is -2.53. The molecule has 402 valence electrons. The van der Waals surface area contributed by atoms with E-state index < -0.39 is 95.2 Å². The molecule has 2 aliphatic heterocycles. The predicted molar refractivity (Wildman–Crippen MR) is 276 cm³/mol. The standard InChI is InChI=1S/C58H58F3N5O11/c1-8-38-39-29-37(25-26-43(39)63-47-40(38)32-66-45(47)30-42-41(49(66)69)33-74-51(71)56(42,9-2)76-52(72)58(59,60)61)75-50(70)55(6,7)27-28-62-48(68)44(64-53(73)77-54(3,4)5)31-46(67)65-57(34-19-13-10-14-20-34,35-21-15-11-16-22-35)36-23-17-12-18-24-36/h10-26,29-30,44H,8-9,27-28,31-33H2,1-7H3,(H,62,68)(H,64,73)(H,65,67)/t44-,56+/m1/s1. The minimum atomic E-state index is -5.43. The Morgan fingerprint density at radius 2 is 1.39 bits per heavy atom. The maximum atomic E-state index is 14.4. The number of fused-ring (bicyclic) bond motifs is 5. The Bertz CT molecular complexity index is 3240. The molecule has 0 saturated heterocycles. The smallest absolute Gasteiger partial charge is 0.457 e. The molecule has 3 N–H and O–H groups in total. The third-order valence-corrected chi connectivity index (χ3v) is 13.8. The molecular weight excluding hydrogens is 1000 g/mol. The van der Waals surface area contributed by atoms with Gasteiger partial charge in [0, 0.05) is 23.1 Å². The minimum Gasteiger partial charge on any atom is -0.457 e. The number of amides is 3. The zero-order valence-electron chi connectivity index (χ0n) is 43.5. The average Bonchev–Trinajstić information content (AvgIpc) is 3.91. The zero-order valence-corrected chi connectivity index (χ0v) is 43.5. The Balaban J connectivity index is 0.995. The Labute approximate surface area is 441 Å². The highest BCUT2D eigenvalue weighted by atomic mass is 19.4. The van der Waals surface area contributed by atoms with E-state index in [1.807, 2.05) is 97.9 Å². The van der Waals surface area contributed by atoms with Crippen LogP contribution in [0.3, 0.4) is 0 Å². The van der Waals surface area contributed by atoms with Gasteiger partial charge in [0.25, 0.3) is 5.56 Å². The molecule has 6 aromatic rings. The number of rotatable bonds is 16. The highest BCUT2D eigenvalue weighted by Gasteiger charge is 2.55. The molecule has 2 aliphatic rings. The molecular formula is C58H58F3N5O11. The maximum absolute atomic E-state index is 14.4. The highest BCUT2D eigenvalue weighted by molar-refractivity contribution is 5.93. The van der Waals surface area contributed by atoms with Gasteiger partial charge in [-0.3, -0.25) is 19.2 Å². The Morgan fingerprint density at radius 3 is 1.94 bits per heavy atom. The van der Waals surface area contributed by atoms with Crippen LogP contribution in [0.2, 0.25) is 0 Å². The molecule has 2 aromatic heterocycles. The van der Waals surface area contributed by atoms with Gasteiger partial charge in [-0.2, -0.15) is 13.2 Å². The van der Waals surface area contributed by atoms with E-state index in [1.54, 1.807) is 46.8 Å². The van der Waals surface area contributed by atoms with Crippen molar-refractivity contribution < 1.29 is 60.9 Å². The number of cyclic esters (lactones) is 1. The molecule has 16 nitrogen and oxygen atoms in total. The van der Waals surface area contributed by atoms with E-state index in [1.165, 1.54) is 23.6 Å². The monoisotopic (exact) mass is 1060 g/mol. The fraction of sp³-hybridized carbons (Fsp3) is 0.345. The molecule has 4 heterocycles. The van der Waals surface area contributed by atoms with Crippen molar-refractivity contribution in [2.75, 3.05) is 6.54 Å². The van der Waals surface area contributed by atoms with Crippen molar-refractivity contribution in [2.24, 2.45) is 5.41 Å². The molecule has 0 radical (unpaired) electrons. The maximum Gasteiger partial charge on any atom is 0.490 e. The van der Waals surface area contributed by atoms with Crippen LogP contribution in [0.15, 0.2) is 120 Å². The van der Waals surface area contributed by atoms with E-state index in [4.69, 9.17) is 23.9 Å². The first kappa shape index (κ1) is 54.9. The van der Waals surface area contributed by atoms with Crippen molar-refractivity contribution in [3.63, 3.8) is 0 Å². The van der Waals surface area contributed by atoms with E-state index in [2.05, 4.69) is 16.0 Å². The number of halogens is 3. The summed E-state index contributed by atoms with van der Waals surface area (Å²) < 4.78 is 63.2. The number of pyridine rings is 2. The van der Waals surface area contributed by atoms with E-state index in [-0.39, 0.29) is 42.1 Å². The van der Waals surface area contributed by atoms with E-state index >= 15 is 0 Å². The summed E-state index contributed by atoms with van der Waals surface area (Å²) in [5.74, 6) is -5.60. The van der Waals surface area contributed by atoms with Gasteiger partial charge in [0.15, 0.2) is 0 Å². The zero-order chi connectivity index (χ0) is 55.7. The first-order chi connectivity index (χ1) is 36.4. The molecule has 8 rings (SSSR count). The molecule has 0 fully saturated rings. The quantitative estimate of drug-likeness (QED) is 0.0360. The molecule has 0 aliphatic carbocycles. The summed E-state index contributed by atoms with van der Waals surface area (Å²) in [6.07, 6.45) is -6.82. The first-order valence-corrected chi connectivity index (χ1v) is 25.1. The van der Waals surface area contributed by atoms with Crippen molar-refractivity contribution in [1.29, 1.82) is 0 Å². The molecule has 0 unspecified atom stereocenters. The normalized spacial score (nSPS) is 15.5. The molecule has 19 heteroatoms. The summed E-state index contributed by atoms with van der Waals surface area (Å²) in [6, 6.07) is 32.9. The Hall–Kier alpha value is -8.35. The second-order valence-corrected chi connectivity index (χ2v) is 20.5. The summed E-state index contributed by atoms with van der Waals surface area (Å²) in [7, 11) is 0. The summed E-state index contributed by atoms with van der Waals surface area (Å²) in [4.78, 5) is 99.8. The number of aromatic nitrogens is 2. The third kappa shape index (κ3) is 11.0. The summed E-state index contributed by atoms with van der Waals surface area (Å²) in [5, 5.41) is 9.17. The lowest BCUT2D eigenvalue weighted by molar-refractivity contribution is -0.223. The predicted octanol–water partition coefficient (Wildman–Crippen LogP) is 8.58. The first-order valence-electron chi connectivity index (χ1n) is 25.1. The number of hydrogen-bond acceptors (Lipinski definition) is 12. The fourth-order valence-electron chi connectivity index (χ4n) is 9.84. The van der Waals surface area contributed by atoms with Crippen molar-refractivity contribution in [3.8, 4) is 17.1 Å². The van der Waals surface area contributed by atoms with Crippen molar-refractivity contribution >= 4 is 46.7 Å². The lowest BCUT2D eigenvalue weighted by Gasteiger charge is -2.37. The molecule has 0 spiro atoms. The summed E-state index contributed by atoms with van der Waals surface area (Å²) in [5.41, 5.74) is -2.32. The number of benzene rings is 4. The van der Waals surface area contributed by atoms with Crippen LogP contribution in [0.5, 0.6) is 5.75 Å². The van der Waals surface area contributed by atoms with Gasteiger partial charge in [0.05, 0.1) is 40.8 Å². The number of carbonyl (C=O) groups excluding carboxylic acids is 6. The topological polar surface area (TPSA) is 210 Å². The van der Waals surface area contributed by atoms with Crippen LogP contribution in [-0.4, -0.2) is 69.7 Å². The van der Waals surface area contributed by atoms with Gasteiger partial charge in [-0.25, -0.2) is 19.4 Å². The van der Waals surface area contributed by atoms with Crippen LogP contribution in [0.25, 0.3) is 22.3 Å². The van der Waals surface area contributed by atoms with Gasteiger partial charge in [-0.1, -0.05) is 105 Å². The van der Waals surface area contributed by atoms with Gasteiger partial charge >= 0.3 is 30.2 Å². The third-order valence-electron chi connectivity index (χ3n) is 13.8. The number of nitrogens with one attached hydrogen (secondary N) is 3. The van der Waals surface area contributed by atoms with Crippen LogP contribution >= 0.6 is 0 Å². The van der Waals surface area contributed by atoms with E-state index in [9.17, 15) is 46.7 Å². The summed E-state index contributed by atoms with van der Waals surface area (Å²) >= 11 is 0. The SMILES string of the molecule is CCc1c2c(nc3ccc(OC(=O)C(C)(C)CCNC(=O)[C@@H](CC(=O)NC(c4ccccc4)(c4ccccc4)c4ccccc4)NC(=O)OC(C)(C)C)cc13)-c1cc3c(c(=O)n1C2)COC(=O)[C@@]3(CC)OC(=O)C(F)(F)F. The second kappa shape index (κ2) is 21.3. The number of alkyl halides is 3. The van der Waals surface area contributed by atoms with Crippen molar-refractivity contribution in [3.05, 3.63) is 165 Å². The molecule has 0 bridgehead atoms.